The van der Waals surface area contributed by atoms with E-state index in [0.717, 1.165) is 36.1 Å². The minimum atomic E-state index is -0.0192. The highest BCUT2D eigenvalue weighted by Gasteiger charge is 2.22. The van der Waals surface area contributed by atoms with Gasteiger partial charge in [0.2, 0.25) is 0 Å². The molecule has 6 nitrogen and oxygen atoms in total. The number of aromatic nitrogens is 4. The first-order chi connectivity index (χ1) is 11.5. The number of rotatable bonds is 2. The second-order valence-corrected chi connectivity index (χ2v) is 7.10. The number of imidazole rings is 1. The van der Waals surface area contributed by atoms with E-state index in [4.69, 9.17) is 11.6 Å². The molecule has 24 heavy (non-hydrogen) atoms. The van der Waals surface area contributed by atoms with Gasteiger partial charge < -0.3 is 4.90 Å². The van der Waals surface area contributed by atoms with E-state index in [2.05, 4.69) is 21.9 Å². The van der Waals surface area contributed by atoms with Crippen LogP contribution in [0.25, 0.3) is 22.1 Å². The first kappa shape index (κ1) is 15.6. The van der Waals surface area contributed by atoms with Gasteiger partial charge in [-0.05, 0) is 44.5 Å². The van der Waals surface area contributed by atoms with Crippen LogP contribution in [0.15, 0.2) is 23.1 Å². The van der Waals surface area contributed by atoms with Gasteiger partial charge in [0, 0.05) is 20.1 Å². The number of pyridine rings is 2. The quantitative estimate of drug-likeness (QED) is 0.669. The van der Waals surface area contributed by atoms with Crippen molar-refractivity contribution in [2.45, 2.75) is 19.4 Å². The Morgan fingerprint density at radius 3 is 2.96 bits per heavy atom. The summed E-state index contributed by atoms with van der Waals surface area (Å²) < 4.78 is 3.50. The molecule has 126 valence electrons. The molecule has 0 saturated carbocycles. The van der Waals surface area contributed by atoms with Crippen LogP contribution in [0.2, 0.25) is 5.15 Å². The molecule has 1 atom stereocenters. The maximum atomic E-state index is 12.8. The third-order valence-electron chi connectivity index (χ3n) is 4.94. The van der Waals surface area contributed by atoms with Crippen LogP contribution in [0.4, 0.5) is 0 Å². The molecule has 0 amide bonds. The Labute approximate surface area is 144 Å². The maximum absolute atomic E-state index is 12.8. The van der Waals surface area contributed by atoms with E-state index in [1.54, 1.807) is 23.9 Å². The van der Waals surface area contributed by atoms with E-state index >= 15 is 0 Å². The third kappa shape index (κ3) is 2.50. The first-order valence-electron chi connectivity index (χ1n) is 8.23. The van der Waals surface area contributed by atoms with E-state index in [-0.39, 0.29) is 5.69 Å². The Balaban J connectivity index is 1.91. The number of halogens is 1. The van der Waals surface area contributed by atoms with Crippen molar-refractivity contribution >= 4 is 33.7 Å². The summed E-state index contributed by atoms with van der Waals surface area (Å²) in [5, 5.41) is 0.414. The van der Waals surface area contributed by atoms with Gasteiger partial charge in [0.1, 0.15) is 10.7 Å². The molecule has 3 aromatic heterocycles. The largest absolute Gasteiger partial charge is 0.328 e. The van der Waals surface area contributed by atoms with Crippen LogP contribution in [0.5, 0.6) is 0 Å². The fourth-order valence-corrected chi connectivity index (χ4v) is 3.91. The van der Waals surface area contributed by atoms with Crippen molar-refractivity contribution in [3.05, 3.63) is 34.0 Å². The molecule has 1 unspecified atom stereocenters. The molecule has 0 bridgehead atoms. The summed E-state index contributed by atoms with van der Waals surface area (Å²) in [6.45, 7) is 2.85. The lowest BCUT2D eigenvalue weighted by molar-refractivity contribution is 0.194. The number of hydrogen-bond donors (Lipinski definition) is 0. The predicted octanol–water partition coefficient (Wildman–Crippen LogP) is 2.28. The molecule has 4 rings (SSSR count). The average molecular weight is 346 g/mol. The van der Waals surface area contributed by atoms with Gasteiger partial charge in [-0.1, -0.05) is 11.6 Å². The molecule has 0 spiro atoms. The fourth-order valence-electron chi connectivity index (χ4n) is 3.76. The SMILES string of the molecule is CN1CCCC(Cn2c(=O)n(C)c3cnc4ccc(Cl)nc4c32)C1. The van der Waals surface area contributed by atoms with Crippen molar-refractivity contribution in [2.24, 2.45) is 13.0 Å². The van der Waals surface area contributed by atoms with Gasteiger partial charge >= 0.3 is 5.69 Å². The van der Waals surface area contributed by atoms with Gasteiger partial charge in [-0.15, -0.1) is 0 Å². The zero-order valence-electron chi connectivity index (χ0n) is 13.9. The van der Waals surface area contributed by atoms with Crippen molar-refractivity contribution in [2.75, 3.05) is 20.1 Å². The summed E-state index contributed by atoms with van der Waals surface area (Å²) in [5.41, 5.74) is 3.07. The summed E-state index contributed by atoms with van der Waals surface area (Å²) >= 11 is 6.09. The first-order valence-corrected chi connectivity index (χ1v) is 8.61. The minimum Gasteiger partial charge on any atom is -0.306 e. The maximum Gasteiger partial charge on any atom is 0.328 e. The number of nitrogens with zero attached hydrogens (tertiary/aromatic N) is 5. The third-order valence-corrected chi connectivity index (χ3v) is 5.16. The summed E-state index contributed by atoms with van der Waals surface area (Å²) in [5.74, 6) is 0.467. The molecule has 3 aromatic rings. The Morgan fingerprint density at radius 1 is 1.33 bits per heavy atom. The van der Waals surface area contributed by atoms with E-state index < -0.39 is 0 Å². The van der Waals surface area contributed by atoms with Gasteiger partial charge in [-0.3, -0.25) is 14.1 Å². The van der Waals surface area contributed by atoms with Crippen LogP contribution >= 0.6 is 11.6 Å². The molecule has 1 saturated heterocycles. The normalized spacial score (nSPS) is 19.4. The van der Waals surface area contributed by atoms with Gasteiger partial charge in [-0.2, -0.15) is 0 Å². The van der Waals surface area contributed by atoms with Crippen LogP contribution in [0, 0.1) is 5.92 Å². The average Bonchev–Trinajstić information content (AvgIpc) is 2.80. The van der Waals surface area contributed by atoms with Crippen molar-refractivity contribution < 1.29 is 0 Å². The topological polar surface area (TPSA) is 56.0 Å². The number of aryl methyl sites for hydroxylation is 1. The number of piperidine rings is 1. The van der Waals surface area contributed by atoms with Crippen molar-refractivity contribution in [3.8, 4) is 0 Å². The summed E-state index contributed by atoms with van der Waals surface area (Å²) in [6.07, 6.45) is 4.07. The molecule has 1 aliphatic heterocycles. The van der Waals surface area contributed by atoms with E-state index in [0.29, 0.717) is 23.1 Å². The van der Waals surface area contributed by atoms with E-state index in [1.807, 2.05) is 10.6 Å². The van der Waals surface area contributed by atoms with Crippen molar-refractivity contribution in [1.82, 2.24) is 24.0 Å². The highest BCUT2D eigenvalue weighted by Crippen LogP contribution is 2.25. The lowest BCUT2D eigenvalue weighted by Gasteiger charge is -2.29. The molecular formula is C17H20ClN5O. The molecule has 1 aliphatic rings. The van der Waals surface area contributed by atoms with Crippen LogP contribution in [-0.4, -0.2) is 44.1 Å². The van der Waals surface area contributed by atoms with E-state index in [1.165, 1.54) is 6.42 Å². The number of hydrogen-bond acceptors (Lipinski definition) is 4. The second kappa shape index (κ2) is 5.86. The zero-order chi connectivity index (χ0) is 16.8. The highest BCUT2D eigenvalue weighted by atomic mass is 35.5. The molecular weight excluding hydrogens is 326 g/mol. The number of likely N-dealkylation sites (tertiary alicyclic amines) is 1. The van der Waals surface area contributed by atoms with Gasteiger partial charge in [0.05, 0.1) is 22.7 Å². The minimum absolute atomic E-state index is 0.0192. The van der Waals surface area contributed by atoms with Gasteiger partial charge in [-0.25, -0.2) is 9.78 Å². The molecule has 0 radical (unpaired) electrons. The predicted molar refractivity (Wildman–Crippen MR) is 95.5 cm³/mol. The summed E-state index contributed by atoms with van der Waals surface area (Å²) in [7, 11) is 3.92. The van der Waals surface area contributed by atoms with Crippen LogP contribution < -0.4 is 5.69 Å². The Hall–Kier alpha value is -1.92. The fraction of sp³-hybridized carbons (Fsp3) is 0.471. The zero-order valence-corrected chi connectivity index (χ0v) is 14.6. The number of fused-ring (bicyclic) bond motifs is 3. The molecule has 0 aromatic carbocycles. The lowest BCUT2D eigenvalue weighted by Crippen LogP contribution is -2.36. The highest BCUT2D eigenvalue weighted by molar-refractivity contribution is 6.30. The second-order valence-electron chi connectivity index (χ2n) is 6.72. The molecule has 0 N–H and O–H groups in total. The standard InChI is InChI=1S/C17H20ClN5O/c1-21-7-3-4-11(9-21)10-23-16-13(22(2)17(23)24)8-19-12-5-6-14(18)20-15(12)16/h5-6,8,11H,3-4,7,9-10H2,1-2H3. The Kier molecular flexibility index (Phi) is 3.81. The molecule has 1 fully saturated rings. The Bertz CT molecular complexity index is 976. The van der Waals surface area contributed by atoms with Crippen molar-refractivity contribution in [3.63, 3.8) is 0 Å². The molecule has 0 aliphatic carbocycles. The Morgan fingerprint density at radius 2 is 2.17 bits per heavy atom. The van der Waals surface area contributed by atoms with Crippen LogP contribution in [-0.2, 0) is 13.6 Å². The van der Waals surface area contributed by atoms with Gasteiger partial charge in [0.25, 0.3) is 0 Å². The van der Waals surface area contributed by atoms with Crippen LogP contribution in [0.1, 0.15) is 12.8 Å². The molecule has 7 heteroatoms. The monoisotopic (exact) mass is 345 g/mol. The van der Waals surface area contributed by atoms with Crippen molar-refractivity contribution in [1.29, 1.82) is 0 Å². The summed E-state index contributed by atoms with van der Waals surface area (Å²) in [4.78, 5) is 24.0. The van der Waals surface area contributed by atoms with E-state index in [9.17, 15) is 4.79 Å². The van der Waals surface area contributed by atoms with Crippen LogP contribution in [0.3, 0.4) is 0 Å². The summed E-state index contributed by atoms with van der Waals surface area (Å²) in [6, 6.07) is 3.57. The lowest BCUT2D eigenvalue weighted by atomic mass is 9.98. The van der Waals surface area contributed by atoms with Gasteiger partial charge in [0.15, 0.2) is 0 Å². The smallest absolute Gasteiger partial charge is 0.306 e. The molecule has 4 heterocycles.